The Morgan fingerprint density at radius 3 is 2.84 bits per heavy atom. The standard InChI is InChI=1S/C25H29N7O5/c1-15(2)19-7-6-17(24(34)30(19)3)25(35)31-12-18-21(13-31)37-14-16-11-32(29-28-16)9-10-36-20-5-4-8-26-22(20)23(33)27-18/h4-8,11,15,18,21H,9-10,12-14H2,1-3H3,(H,27,33)/t18-,21-/m0/s1. The molecule has 0 radical (unpaired) electrons. The number of amides is 2. The van der Waals surface area contributed by atoms with Gasteiger partial charge in [-0.3, -0.25) is 14.4 Å². The zero-order valence-electron chi connectivity index (χ0n) is 21.0. The minimum absolute atomic E-state index is 0.0758. The second kappa shape index (κ2) is 10.1. The van der Waals surface area contributed by atoms with Crippen molar-refractivity contribution < 1.29 is 19.1 Å². The highest BCUT2D eigenvalue weighted by Crippen LogP contribution is 2.21. The Morgan fingerprint density at radius 1 is 1.19 bits per heavy atom. The van der Waals surface area contributed by atoms with Gasteiger partial charge in [0.05, 0.1) is 31.5 Å². The number of carbonyl (C=O) groups excluding carboxylic acids is 2. The summed E-state index contributed by atoms with van der Waals surface area (Å²) in [7, 11) is 1.67. The Labute approximate surface area is 213 Å². The van der Waals surface area contributed by atoms with Crippen LogP contribution < -0.4 is 15.6 Å². The summed E-state index contributed by atoms with van der Waals surface area (Å²) in [6.45, 7) is 5.20. The number of nitrogens with one attached hydrogen (secondary N) is 1. The normalized spacial score (nSPS) is 20.0. The fourth-order valence-electron chi connectivity index (χ4n) is 4.68. The highest BCUT2D eigenvalue weighted by molar-refractivity contribution is 5.96. The van der Waals surface area contributed by atoms with Gasteiger partial charge in [0.15, 0.2) is 11.4 Å². The van der Waals surface area contributed by atoms with Crippen molar-refractivity contribution in [1.82, 2.24) is 34.8 Å². The van der Waals surface area contributed by atoms with Gasteiger partial charge in [-0.2, -0.15) is 0 Å². The monoisotopic (exact) mass is 507 g/mol. The van der Waals surface area contributed by atoms with Gasteiger partial charge in [0.25, 0.3) is 17.4 Å². The maximum Gasteiger partial charge on any atom is 0.274 e. The predicted octanol–water partition coefficient (Wildman–Crippen LogP) is 0.727. The largest absolute Gasteiger partial charge is 0.489 e. The van der Waals surface area contributed by atoms with Crippen molar-refractivity contribution in [2.45, 2.75) is 45.1 Å². The maximum absolute atomic E-state index is 13.4. The van der Waals surface area contributed by atoms with Crippen LogP contribution in [0.5, 0.6) is 5.75 Å². The van der Waals surface area contributed by atoms with Crippen LogP contribution >= 0.6 is 0 Å². The molecule has 0 spiro atoms. The second-order valence-electron chi connectivity index (χ2n) is 9.50. The molecule has 2 aliphatic rings. The lowest BCUT2D eigenvalue weighted by Gasteiger charge is -2.20. The minimum Gasteiger partial charge on any atom is -0.489 e. The molecular formula is C25H29N7O5. The van der Waals surface area contributed by atoms with Gasteiger partial charge in [-0.1, -0.05) is 19.1 Å². The molecule has 0 unspecified atom stereocenters. The molecule has 2 atom stereocenters. The van der Waals surface area contributed by atoms with Gasteiger partial charge in [-0.15, -0.1) is 5.10 Å². The number of fused-ring (bicyclic) bond motifs is 4. The summed E-state index contributed by atoms with van der Waals surface area (Å²) in [5.74, 6) is -0.364. The van der Waals surface area contributed by atoms with Crippen LogP contribution in [0.15, 0.2) is 41.5 Å². The van der Waals surface area contributed by atoms with Crippen molar-refractivity contribution in [1.29, 1.82) is 0 Å². The predicted molar refractivity (Wildman–Crippen MR) is 131 cm³/mol. The molecule has 5 heterocycles. The first-order valence-corrected chi connectivity index (χ1v) is 12.2. The molecule has 5 rings (SSSR count). The molecule has 12 heteroatoms. The highest BCUT2D eigenvalue weighted by Gasteiger charge is 2.39. The Hall–Kier alpha value is -4.06. The van der Waals surface area contributed by atoms with Crippen LogP contribution in [0, 0.1) is 0 Å². The van der Waals surface area contributed by atoms with Gasteiger partial charge in [0, 0.05) is 32.0 Å². The van der Waals surface area contributed by atoms with Crippen LogP contribution in [-0.4, -0.2) is 73.1 Å². The van der Waals surface area contributed by atoms with E-state index in [1.807, 2.05) is 13.8 Å². The van der Waals surface area contributed by atoms with Crippen molar-refractivity contribution in [3.63, 3.8) is 0 Å². The summed E-state index contributed by atoms with van der Waals surface area (Å²) in [6.07, 6.45) is 2.75. The van der Waals surface area contributed by atoms with Gasteiger partial charge >= 0.3 is 0 Å². The van der Waals surface area contributed by atoms with Crippen LogP contribution in [0.3, 0.4) is 0 Å². The summed E-state index contributed by atoms with van der Waals surface area (Å²) < 4.78 is 15.1. The van der Waals surface area contributed by atoms with E-state index in [-0.39, 0.29) is 49.0 Å². The minimum atomic E-state index is -0.539. The fourth-order valence-corrected chi connectivity index (χ4v) is 4.68. The molecule has 2 bridgehead atoms. The molecule has 37 heavy (non-hydrogen) atoms. The van der Waals surface area contributed by atoms with Crippen LogP contribution in [0.1, 0.15) is 52.0 Å². The van der Waals surface area contributed by atoms with E-state index >= 15 is 0 Å². The SMILES string of the molecule is CC(C)c1ccc(C(=O)N2C[C@@H]3NC(=O)c4ncccc4OCCn4cc(nn4)CO[C@H]3C2)c(=O)n1C. The average molecular weight is 508 g/mol. The molecule has 1 saturated heterocycles. The van der Waals surface area contributed by atoms with Crippen LogP contribution in [0.2, 0.25) is 0 Å². The Bertz CT molecular complexity index is 1380. The molecule has 3 aromatic rings. The van der Waals surface area contributed by atoms with E-state index in [0.717, 1.165) is 5.69 Å². The van der Waals surface area contributed by atoms with E-state index in [4.69, 9.17) is 9.47 Å². The molecule has 2 amide bonds. The third-order valence-corrected chi connectivity index (χ3v) is 6.63. The van der Waals surface area contributed by atoms with Gasteiger partial charge in [0.2, 0.25) is 0 Å². The van der Waals surface area contributed by atoms with E-state index < -0.39 is 24.0 Å². The molecule has 2 aliphatic heterocycles. The molecule has 3 aromatic heterocycles. The van der Waals surface area contributed by atoms with Gasteiger partial charge < -0.3 is 24.3 Å². The molecule has 1 N–H and O–H groups in total. The molecular weight excluding hydrogens is 478 g/mol. The van der Waals surface area contributed by atoms with Crippen LogP contribution in [0.4, 0.5) is 0 Å². The average Bonchev–Trinajstić information content (AvgIpc) is 3.50. The summed E-state index contributed by atoms with van der Waals surface area (Å²) in [4.78, 5) is 45.3. The molecule has 12 nitrogen and oxygen atoms in total. The van der Waals surface area contributed by atoms with Crippen molar-refractivity contribution in [2.75, 3.05) is 19.7 Å². The first kappa shape index (κ1) is 24.6. The van der Waals surface area contributed by atoms with Gasteiger partial charge in [-0.05, 0) is 30.2 Å². The van der Waals surface area contributed by atoms with E-state index in [1.54, 1.807) is 42.2 Å². The summed E-state index contributed by atoms with van der Waals surface area (Å²) in [5, 5.41) is 11.2. The molecule has 1 fully saturated rings. The van der Waals surface area contributed by atoms with E-state index in [2.05, 4.69) is 20.6 Å². The number of carbonyl (C=O) groups is 2. The fraction of sp³-hybridized carbons (Fsp3) is 0.440. The lowest BCUT2D eigenvalue weighted by molar-refractivity contribution is 0.0289. The Kier molecular flexibility index (Phi) is 6.74. The number of likely N-dealkylation sites (tertiary alicyclic amines) is 1. The van der Waals surface area contributed by atoms with Gasteiger partial charge in [0.1, 0.15) is 17.9 Å². The number of rotatable bonds is 2. The molecule has 0 saturated carbocycles. The summed E-state index contributed by atoms with van der Waals surface area (Å²) in [6, 6.07) is 6.21. The number of hydrogen-bond donors (Lipinski definition) is 1. The summed E-state index contributed by atoms with van der Waals surface area (Å²) in [5.41, 5.74) is 1.32. The second-order valence-corrected chi connectivity index (χ2v) is 9.50. The van der Waals surface area contributed by atoms with E-state index in [9.17, 15) is 14.4 Å². The number of ether oxygens (including phenoxy) is 2. The lowest BCUT2D eigenvalue weighted by Crippen LogP contribution is -2.44. The van der Waals surface area contributed by atoms with Crippen molar-refractivity contribution in [3.8, 4) is 5.75 Å². The highest BCUT2D eigenvalue weighted by atomic mass is 16.5. The zero-order chi connectivity index (χ0) is 26.1. The van der Waals surface area contributed by atoms with Crippen molar-refractivity contribution in [2.24, 2.45) is 7.05 Å². The third kappa shape index (κ3) is 4.96. The number of hydrogen-bond acceptors (Lipinski definition) is 8. The first-order valence-electron chi connectivity index (χ1n) is 12.2. The third-order valence-electron chi connectivity index (χ3n) is 6.63. The van der Waals surface area contributed by atoms with Crippen LogP contribution in [-0.2, 0) is 24.9 Å². The first-order chi connectivity index (χ1) is 17.8. The topological polar surface area (TPSA) is 133 Å². The zero-order valence-corrected chi connectivity index (χ0v) is 21.0. The smallest absolute Gasteiger partial charge is 0.274 e. The molecule has 0 aromatic carbocycles. The molecule has 194 valence electrons. The van der Waals surface area contributed by atoms with Gasteiger partial charge in [-0.25, -0.2) is 9.67 Å². The van der Waals surface area contributed by atoms with E-state index in [1.165, 1.54) is 15.7 Å². The van der Waals surface area contributed by atoms with Crippen LogP contribution in [0.25, 0.3) is 0 Å². The number of aromatic nitrogens is 5. The Balaban J connectivity index is 1.43. The number of nitrogens with zero attached hydrogens (tertiary/aromatic N) is 6. The van der Waals surface area contributed by atoms with E-state index in [0.29, 0.717) is 18.0 Å². The lowest BCUT2D eigenvalue weighted by atomic mass is 10.1. The molecule has 0 aliphatic carbocycles. The number of pyridine rings is 2. The van der Waals surface area contributed by atoms with Crippen molar-refractivity contribution in [3.05, 3.63) is 69.7 Å². The van der Waals surface area contributed by atoms with Crippen molar-refractivity contribution >= 4 is 11.8 Å². The maximum atomic E-state index is 13.4. The summed E-state index contributed by atoms with van der Waals surface area (Å²) >= 11 is 0. The quantitative estimate of drug-likeness (QED) is 0.537. The Morgan fingerprint density at radius 2 is 2.03 bits per heavy atom.